The average molecular weight is 224 g/mol. The lowest BCUT2D eigenvalue weighted by molar-refractivity contribution is -0.136. The quantitative estimate of drug-likeness (QED) is 0.857. The third-order valence-electron chi connectivity index (χ3n) is 3.15. The van der Waals surface area contributed by atoms with E-state index in [2.05, 4.69) is 19.9 Å². The third-order valence-corrected chi connectivity index (χ3v) is 4.35. The molecule has 15 heavy (non-hydrogen) atoms. The number of rotatable bonds is 3. The van der Waals surface area contributed by atoms with Gasteiger partial charge in [-0.2, -0.15) is 0 Å². The number of hydrogen-bond acceptors (Lipinski definition) is 2. The Morgan fingerprint density at radius 3 is 2.87 bits per heavy atom. The molecule has 0 radical (unpaired) electrons. The predicted octanol–water partition coefficient (Wildman–Crippen LogP) is 2.75. The maximum absolute atomic E-state index is 10.6. The van der Waals surface area contributed by atoms with Crippen LogP contribution in [0.3, 0.4) is 0 Å². The summed E-state index contributed by atoms with van der Waals surface area (Å²) in [6.07, 6.45) is 2.48. The van der Waals surface area contributed by atoms with E-state index < -0.39 is 5.97 Å². The molecule has 1 aliphatic carbocycles. The topological polar surface area (TPSA) is 37.3 Å². The zero-order chi connectivity index (χ0) is 11.0. The lowest BCUT2D eigenvalue weighted by atomic mass is 9.93. The standard InChI is InChI=1S/C12H16O2S/c1-7(2)8-3-9-4-10(6-12(13)14)15-11(9)5-8/h4,7-8H,3,5-6H2,1-2H3,(H,13,14)/t8-/m0/s1. The van der Waals surface area contributed by atoms with E-state index in [4.69, 9.17) is 5.11 Å². The molecule has 1 N–H and O–H groups in total. The summed E-state index contributed by atoms with van der Waals surface area (Å²) < 4.78 is 0. The largest absolute Gasteiger partial charge is 0.481 e. The lowest BCUT2D eigenvalue weighted by Crippen LogP contribution is -2.08. The summed E-state index contributed by atoms with van der Waals surface area (Å²) in [6.45, 7) is 4.53. The first kappa shape index (κ1) is 10.7. The minimum Gasteiger partial charge on any atom is -0.481 e. The van der Waals surface area contributed by atoms with Crippen molar-refractivity contribution in [3.05, 3.63) is 21.4 Å². The van der Waals surface area contributed by atoms with Gasteiger partial charge < -0.3 is 5.11 Å². The first-order valence-electron chi connectivity index (χ1n) is 5.38. The molecule has 0 bridgehead atoms. The first-order valence-corrected chi connectivity index (χ1v) is 6.20. The second-order valence-electron chi connectivity index (χ2n) is 4.64. The van der Waals surface area contributed by atoms with Crippen LogP contribution in [0.25, 0.3) is 0 Å². The molecule has 0 unspecified atom stereocenters. The Morgan fingerprint density at radius 1 is 1.60 bits per heavy atom. The monoisotopic (exact) mass is 224 g/mol. The van der Waals surface area contributed by atoms with Crippen LogP contribution in [0.2, 0.25) is 0 Å². The molecule has 1 aliphatic rings. The fourth-order valence-electron chi connectivity index (χ4n) is 2.17. The Hall–Kier alpha value is -0.830. The highest BCUT2D eigenvalue weighted by Crippen LogP contribution is 2.37. The van der Waals surface area contributed by atoms with Gasteiger partial charge in [-0.25, -0.2) is 0 Å². The van der Waals surface area contributed by atoms with Crippen LogP contribution in [0.15, 0.2) is 6.07 Å². The Balaban J connectivity index is 2.09. The smallest absolute Gasteiger partial charge is 0.308 e. The number of carboxylic acids is 1. The van der Waals surface area contributed by atoms with Gasteiger partial charge in [0.1, 0.15) is 0 Å². The first-order chi connectivity index (χ1) is 7.06. The van der Waals surface area contributed by atoms with Gasteiger partial charge in [0.15, 0.2) is 0 Å². The molecule has 1 atom stereocenters. The van der Waals surface area contributed by atoms with Crippen LogP contribution in [0.4, 0.5) is 0 Å². The van der Waals surface area contributed by atoms with Crippen LogP contribution in [-0.4, -0.2) is 11.1 Å². The van der Waals surface area contributed by atoms with Gasteiger partial charge in [-0.05, 0) is 36.3 Å². The molecule has 0 fully saturated rings. The van der Waals surface area contributed by atoms with Gasteiger partial charge in [0.05, 0.1) is 6.42 Å². The minimum atomic E-state index is -0.727. The van der Waals surface area contributed by atoms with Crippen molar-refractivity contribution in [2.75, 3.05) is 0 Å². The van der Waals surface area contributed by atoms with Gasteiger partial charge in [0.2, 0.25) is 0 Å². The molecule has 0 aliphatic heterocycles. The zero-order valence-electron chi connectivity index (χ0n) is 9.12. The molecule has 3 heteroatoms. The second-order valence-corrected chi connectivity index (χ2v) is 5.87. The van der Waals surface area contributed by atoms with Gasteiger partial charge in [0, 0.05) is 9.75 Å². The van der Waals surface area contributed by atoms with Crippen LogP contribution < -0.4 is 0 Å². The van der Waals surface area contributed by atoms with Crippen LogP contribution in [0, 0.1) is 11.8 Å². The molecule has 0 saturated heterocycles. The van der Waals surface area contributed by atoms with Gasteiger partial charge in [-0.3, -0.25) is 4.79 Å². The molecule has 0 amide bonds. The van der Waals surface area contributed by atoms with Crippen molar-refractivity contribution < 1.29 is 9.90 Å². The van der Waals surface area contributed by atoms with Crippen molar-refractivity contribution in [3.8, 4) is 0 Å². The molecule has 0 aromatic carbocycles. The summed E-state index contributed by atoms with van der Waals surface area (Å²) in [6, 6.07) is 2.09. The second kappa shape index (κ2) is 3.97. The number of aliphatic carboxylic acids is 1. The molecule has 82 valence electrons. The fourth-order valence-corrected chi connectivity index (χ4v) is 3.46. The lowest BCUT2D eigenvalue weighted by Gasteiger charge is -2.12. The number of carbonyl (C=O) groups is 1. The van der Waals surface area contributed by atoms with Crippen molar-refractivity contribution in [2.45, 2.75) is 33.1 Å². The van der Waals surface area contributed by atoms with Crippen LogP contribution >= 0.6 is 11.3 Å². The molecule has 1 aromatic heterocycles. The van der Waals surface area contributed by atoms with Crippen molar-refractivity contribution in [2.24, 2.45) is 11.8 Å². The minimum absolute atomic E-state index is 0.185. The molecular weight excluding hydrogens is 208 g/mol. The number of hydrogen-bond donors (Lipinski definition) is 1. The van der Waals surface area contributed by atoms with E-state index in [0.717, 1.165) is 29.6 Å². The summed E-state index contributed by atoms with van der Waals surface area (Å²) in [5, 5.41) is 8.70. The highest BCUT2D eigenvalue weighted by atomic mass is 32.1. The summed E-state index contributed by atoms with van der Waals surface area (Å²) in [7, 11) is 0. The van der Waals surface area contributed by atoms with Gasteiger partial charge in [0.25, 0.3) is 0 Å². The molecule has 1 heterocycles. The van der Waals surface area contributed by atoms with Crippen molar-refractivity contribution in [3.63, 3.8) is 0 Å². The van der Waals surface area contributed by atoms with E-state index in [9.17, 15) is 4.79 Å². The number of fused-ring (bicyclic) bond motifs is 1. The SMILES string of the molecule is CC(C)[C@H]1Cc2cc(CC(=O)O)sc2C1. The molecular formula is C12H16O2S. The summed E-state index contributed by atoms with van der Waals surface area (Å²) in [5.41, 5.74) is 1.40. The Labute approximate surface area is 93.9 Å². The average Bonchev–Trinajstić information content (AvgIpc) is 2.58. The van der Waals surface area contributed by atoms with Crippen LogP contribution in [0.1, 0.15) is 29.2 Å². The van der Waals surface area contributed by atoms with Crippen LogP contribution in [-0.2, 0) is 24.1 Å². The van der Waals surface area contributed by atoms with Crippen molar-refractivity contribution in [1.82, 2.24) is 0 Å². The maximum Gasteiger partial charge on any atom is 0.308 e. The van der Waals surface area contributed by atoms with Gasteiger partial charge in [-0.1, -0.05) is 13.8 Å². The van der Waals surface area contributed by atoms with E-state index >= 15 is 0 Å². The van der Waals surface area contributed by atoms with E-state index in [0.29, 0.717) is 0 Å². The maximum atomic E-state index is 10.6. The zero-order valence-corrected chi connectivity index (χ0v) is 9.93. The molecule has 0 saturated carbocycles. The number of carboxylic acid groups (broad SMARTS) is 1. The highest BCUT2D eigenvalue weighted by molar-refractivity contribution is 7.12. The molecule has 1 aromatic rings. The predicted molar refractivity (Wildman–Crippen MR) is 61.4 cm³/mol. The Bertz CT molecular complexity index is 355. The summed E-state index contributed by atoms with van der Waals surface area (Å²) in [4.78, 5) is 13.0. The van der Waals surface area contributed by atoms with Crippen molar-refractivity contribution >= 4 is 17.3 Å². The van der Waals surface area contributed by atoms with Gasteiger partial charge in [-0.15, -0.1) is 11.3 Å². The normalized spacial score (nSPS) is 19.5. The Kier molecular flexibility index (Phi) is 2.83. The highest BCUT2D eigenvalue weighted by Gasteiger charge is 2.26. The number of thiophene rings is 1. The summed E-state index contributed by atoms with van der Waals surface area (Å²) in [5.74, 6) is 0.771. The van der Waals surface area contributed by atoms with Gasteiger partial charge >= 0.3 is 5.97 Å². The van der Waals surface area contributed by atoms with E-state index in [-0.39, 0.29) is 6.42 Å². The molecule has 2 nitrogen and oxygen atoms in total. The molecule has 2 rings (SSSR count). The summed E-state index contributed by atoms with van der Waals surface area (Å²) >= 11 is 1.69. The van der Waals surface area contributed by atoms with E-state index in [1.807, 2.05) is 0 Å². The van der Waals surface area contributed by atoms with Crippen LogP contribution in [0.5, 0.6) is 0 Å². The fraction of sp³-hybridized carbons (Fsp3) is 0.583. The van der Waals surface area contributed by atoms with E-state index in [1.54, 1.807) is 11.3 Å². The third kappa shape index (κ3) is 2.23. The van der Waals surface area contributed by atoms with E-state index in [1.165, 1.54) is 10.4 Å². The Morgan fingerprint density at radius 2 is 2.33 bits per heavy atom. The molecule has 0 spiro atoms. The van der Waals surface area contributed by atoms with Crippen molar-refractivity contribution in [1.29, 1.82) is 0 Å².